The van der Waals surface area contributed by atoms with Crippen molar-refractivity contribution in [2.45, 2.75) is 29.8 Å². The summed E-state index contributed by atoms with van der Waals surface area (Å²) >= 11 is 1.09. The number of carbonyl (C=O) groups excluding carboxylic acids is 4. The fraction of sp³-hybridized carbons (Fsp3) is 0.214. The van der Waals surface area contributed by atoms with Crippen LogP contribution in [-0.4, -0.2) is 53.4 Å². The van der Waals surface area contributed by atoms with E-state index in [2.05, 4.69) is 0 Å². The first-order valence-corrected chi connectivity index (χ1v) is 12.4. The summed E-state index contributed by atoms with van der Waals surface area (Å²) in [7, 11) is 0. The van der Waals surface area contributed by atoms with Gasteiger partial charge in [-0.05, 0) is 36.4 Å². The zero-order chi connectivity index (χ0) is 26.2. The van der Waals surface area contributed by atoms with Gasteiger partial charge in [0, 0.05) is 6.92 Å². The minimum atomic E-state index is -1.14. The Bertz CT molecular complexity index is 1230. The van der Waals surface area contributed by atoms with Crippen molar-refractivity contribution in [3.8, 4) is 0 Å². The summed E-state index contributed by atoms with van der Waals surface area (Å²) in [5.41, 5.74) is -0.0659. The third-order valence-electron chi connectivity index (χ3n) is 5.44. The lowest BCUT2D eigenvalue weighted by Gasteiger charge is -2.25. The van der Waals surface area contributed by atoms with E-state index >= 15 is 0 Å². The Morgan fingerprint density at radius 2 is 1.05 bits per heavy atom. The van der Waals surface area contributed by atoms with E-state index in [0.29, 0.717) is 5.56 Å². The van der Waals surface area contributed by atoms with Gasteiger partial charge in [0.15, 0.2) is 17.6 Å². The summed E-state index contributed by atoms with van der Waals surface area (Å²) in [6, 6.07) is 25.0. The highest BCUT2D eigenvalue weighted by molar-refractivity contribution is 8.00. The summed E-state index contributed by atoms with van der Waals surface area (Å²) in [5.74, 6) is -2.50. The lowest BCUT2D eigenvalue weighted by molar-refractivity contribution is -0.148. The van der Waals surface area contributed by atoms with Gasteiger partial charge in [-0.3, -0.25) is 4.79 Å². The summed E-state index contributed by atoms with van der Waals surface area (Å²) in [4.78, 5) is 50.2. The Morgan fingerprint density at radius 1 is 0.622 bits per heavy atom. The number of benzene rings is 3. The molecule has 4 rings (SSSR count). The molecule has 0 N–H and O–H groups in total. The van der Waals surface area contributed by atoms with E-state index in [-0.39, 0.29) is 17.7 Å². The van der Waals surface area contributed by atoms with Crippen LogP contribution in [0, 0.1) is 0 Å². The molecule has 37 heavy (non-hydrogen) atoms. The number of hydrogen-bond donors (Lipinski definition) is 0. The molecule has 190 valence electrons. The Hall–Kier alpha value is -4.11. The van der Waals surface area contributed by atoms with Crippen LogP contribution in [0.2, 0.25) is 0 Å². The van der Waals surface area contributed by atoms with Gasteiger partial charge < -0.3 is 18.9 Å². The molecule has 9 heteroatoms. The second kappa shape index (κ2) is 12.2. The molecule has 3 aromatic rings. The number of rotatable bonds is 8. The molecule has 4 atom stereocenters. The van der Waals surface area contributed by atoms with Crippen LogP contribution in [0.1, 0.15) is 38.0 Å². The first kappa shape index (κ1) is 26.0. The molecular weight excluding hydrogens is 496 g/mol. The van der Waals surface area contributed by atoms with E-state index in [1.54, 1.807) is 91.0 Å². The molecule has 3 aromatic carbocycles. The van der Waals surface area contributed by atoms with Gasteiger partial charge in [-0.2, -0.15) is 0 Å². The molecule has 0 aliphatic carbocycles. The van der Waals surface area contributed by atoms with Crippen molar-refractivity contribution >= 4 is 35.6 Å². The number of esters is 4. The molecule has 1 fully saturated rings. The van der Waals surface area contributed by atoms with Crippen LogP contribution in [0.25, 0.3) is 0 Å². The Balaban J connectivity index is 1.58. The van der Waals surface area contributed by atoms with E-state index in [9.17, 15) is 19.2 Å². The highest BCUT2D eigenvalue weighted by Crippen LogP contribution is 2.40. The van der Waals surface area contributed by atoms with Crippen LogP contribution in [0.3, 0.4) is 0 Å². The van der Waals surface area contributed by atoms with Crippen LogP contribution in [0.15, 0.2) is 91.0 Å². The Morgan fingerprint density at radius 3 is 1.51 bits per heavy atom. The maximum Gasteiger partial charge on any atom is 0.338 e. The van der Waals surface area contributed by atoms with Gasteiger partial charge in [0.1, 0.15) is 6.61 Å². The molecule has 0 radical (unpaired) electrons. The van der Waals surface area contributed by atoms with Crippen LogP contribution in [-0.2, 0) is 23.7 Å². The van der Waals surface area contributed by atoms with Gasteiger partial charge in [0.25, 0.3) is 0 Å². The molecule has 0 aromatic heterocycles. The van der Waals surface area contributed by atoms with Gasteiger partial charge in [0.2, 0.25) is 0 Å². The smallest absolute Gasteiger partial charge is 0.338 e. The summed E-state index contributed by atoms with van der Waals surface area (Å²) in [6.07, 6.45) is -2.21. The summed E-state index contributed by atoms with van der Waals surface area (Å²) in [5, 5.41) is -0.682. The van der Waals surface area contributed by atoms with E-state index in [0.717, 1.165) is 11.8 Å². The van der Waals surface area contributed by atoms with Crippen LogP contribution >= 0.6 is 11.8 Å². The van der Waals surface area contributed by atoms with E-state index < -0.39 is 46.8 Å². The molecule has 0 amide bonds. The van der Waals surface area contributed by atoms with Gasteiger partial charge in [0.05, 0.1) is 21.9 Å². The summed E-state index contributed by atoms with van der Waals surface area (Å²) < 4.78 is 22.4. The normalized spacial score (nSPS) is 20.5. The second-order valence-corrected chi connectivity index (χ2v) is 9.43. The van der Waals surface area contributed by atoms with Gasteiger partial charge in [-0.1, -0.05) is 54.6 Å². The third kappa shape index (κ3) is 6.77. The quantitative estimate of drug-likeness (QED) is 0.317. The zero-order valence-electron chi connectivity index (χ0n) is 19.9. The van der Waals surface area contributed by atoms with Crippen molar-refractivity contribution in [3.63, 3.8) is 0 Å². The molecule has 1 aliphatic rings. The highest BCUT2D eigenvalue weighted by Gasteiger charge is 2.51. The Labute approximate surface area is 217 Å². The van der Waals surface area contributed by atoms with E-state index in [1.165, 1.54) is 6.92 Å². The lowest BCUT2D eigenvalue weighted by Crippen LogP contribution is -2.42. The third-order valence-corrected chi connectivity index (χ3v) is 6.83. The van der Waals surface area contributed by atoms with E-state index in [4.69, 9.17) is 18.9 Å². The fourth-order valence-electron chi connectivity index (χ4n) is 3.70. The minimum Gasteiger partial charge on any atom is -0.461 e. The molecule has 8 nitrogen and oxygen atoms in total. The lowest BCUT2D eigenvalue weighted by atomic mass is 10.1. The average Bonchev–Trinajstić information content (AvgIpc) is 3.23. The molecule has 1 aliphatic heterocycles. The SMILES string of the molecule is CC(=O)O[C@H]1S[C@@H](COC(=O)c2ccccc2)[C@@H](OC(=O)c2ccccc2)[C@H]1OC(=O)c1ccccc1. The number of carbonyl (C=O) groups is 4. The maximum atomic E-state index is 12.9. The molecule has 1 heterocycles. The van der Waals surface area contributed by atoms with E-state index in [1.807, 2.05) is 0 Å². The first-order valence-electron chi connectivity index (χ1n) is 11.5. The monoisotopic (exact) mass is 520 g/mol. The van der Waals surface area contributed by atoms with Crippen LogP contribution < -0.4 is 0 Å². The molecule has 0 bridgehead atoms. The minimum absolute atomic E-state index is 0.178. The molecule has 1 saturated heterocycles. The topological polar surface area (TPSA) is 105 Å². The molecule has 0 spiro atoms. The van der Waals surface area contributed by atoms with Crippen molar-refractivity contribution in [1.29, 1.82) is 0 Å². The van der Waals surface area contributed by atoms with Gasteiger partial charge in [-0.15, -0.1) is 11.8 Å². The first-order chi connectivity index (χ1) is 17.9. The van der Waals surface area contributed by atoms with Crippen LogP contribution in [0.4, 0.5) is 0 Å². The summed E-state index contributed by atoms with van der Waals surface area (Å²) in [6.45, 7) is 1.05. The predicted molar refractivity (Wildman–Crippen MR) is 135 cm³/mol. The molecular formula is C28H24O8S. The van der Waals surface area contributed by atoms with Crippen molar-refractivity contribution in [3.05, 3.63) is 108 Å². The standard InChI is InChI=1S/C28H24O8S/c1-18(29)34-28-24(36-27(32)21-15-9-4-10-16-21)23(35-26(31)20-13-7-3-8-14-20)22(37-28)17-33-25(30)19-11-5-2-6-12-19/h2-16,22-24,28H,17H2,1H3/t22-,23+,24+,28-/m0/s1. The average molecular weight is 521 g/mol. The van der Waals surface area contributed by atoms with Gasteiger partial charge >= 0.3 is 23.9 Å². The number of ether oxygens (including phenoxy) is 4. The van der Waals surface area contributed by atoms with Crippen molar-refractivity contribution in [2.24, 2.45) is 0 Å². The fourth-order valence-corrected chi connectivity index (χ4v) is 5.11. The number of thioether (sulfide) groups is 1. The Kier molecular flexibility index (Phi) is 8.58. The van der Waals surface area contributed by atoms with Gasteiger partial charge in [-0.25, -0.2) is 14.4 Å². The molecule has 0 saturated carbocycles. The maximum absolute atomic E-state index is 12.9. The predicted octanol–water partition coefficient (Wildman–Crippen LogP) is 4.30. The zero-order valence-corrected chi connectivity index (χ0v) is 20.7. The molecule has 0 unspecified atom stereocenters. The number of hydrogen-bond acceptors (Lipinski definition) is 9. The van der Waals surface area contributed by atoms with Crippen molar-refractivity contribution in [1.82, 2.24) is 0 Å². The second-order valence-electron chi connectivity index (χ2n) is 8.09. The largest absolute Gasteiger partial charge is 0.461 e. The highest BCUT2D eigenvalue weighted by atomic mass is 32.2. The van der Waals surface area contributed by atoms with Crippen molar-refractivity contribution < 1.29 is 38.1 Å². The van der Waals surface area contributed by atoms with Crippen LogP contribution in [0.5, 0.6) is 0 Å². The van der Waals surface area contributed by atoms with Crippen molar-refractivity contribution in [2.75, 3.05) is 6.61 Å².